The first-order valence-corrected chi connectivity index (χ1v) is 14.8. The van der Waals surface area contributed by atoms with Crippen LogP contribution in [-0.2, 0) is 23.2 Å². The van der Waals surface area contributed by atoms with Crippen LogP contribution in [0.3, 0.4) is 0 Å². The summed E-state index contributed by atoms with van der Waals surface area (Å²) in [5, 5.41) is 3.74. The molecule has 0 unspecified atom stereocenters. The van der Waals surface area contributed by atoms with E-state index in [1.807, 2.05) is 0 Å². The smallest absolute Gasteiger partial charge is 0.414 e. The monoisotopic (exact) mass is 625 g/mol. The standard InChI is InChI=1S/C30H32FN5O7S/c1-32-44(40,41)34-25-8-6-7-19(27(25)31)15-23-24(17-33-20-11-9-18(10-12-20)28(37)35(2)3)22-14-13-21(42-30(39)36(4)5)16-26(22)43-29(23)38/h6-14,16,32-34H,15,17H2,1-5H3. The van der Waals surface area contributed by atoms with E-state index >= 15 is 4.39 Å². The number of hydrogen-bond donors (Lipinski definition) is 3. The predicted octanol–water partition coefficient (Wildman–Crippen LogP) is 3.77. The molecule has 1 heterocycles. The molecule has 44 heavy (non-hydrogen) atoms. The summed E-state index contributed by atoms with van der Waals surface area (Å²) in [6, 6.07) is 15.5. The number of amides is 2. The summed E-state index contributed by atoms with van der Waals surface area (Å²) >= 11 is 0. The molecule has 0 bridgehead atoms. The fourth-order valence-corrected chi connectivity index (χ4v) is 4.83. The van der Waals surface area contributed by atoms with Gasteiger partial charge in [0.25, 0.3) is 16.1 Å². The van der Waals surface area contributed by atoms with Gasteiger partial charge in [0.1, 0.15) is 11.3 Å². The summed E-state index contributed by atoms with van der Waals surface area (Å²) in [5.74, 6) is -0.850. The number of fused-ring (bicyclic) bond motifs is 1. The van der Waals surface area contributed by atoms with E-state index in [-0.39, 0.29) is 47.0 Å². The largest absolute Gasteiger partial charge is 0.422 e. The van der Waals surface area contributed by atoms with Crippen molar-refractivity contribution in [2.24, 2.45) is 0 Å². The van der Waals surface area contributed by atoms with Crippen molar-refractivity contribution in [3.63, 3.8) is 0 Å². The molecule has 1 aromatic heterocycles. The Morgan fingerprint density at radius 3 is 2.30 bits per heavy atom. The van der Waals surface area contributed by atoms with E-state index in [0.717, 1.165) is 0 Å². The summed E-state index contributed by atoms with van der Waals surface area (Å²) in [4.78, 5) is 40.4. The van der Waals surface area contributed by atoms with Crippen LogP contribution in [0.25, 0.3) is 11.0 Å². The van der Waals surface area contributed by atoms with Crippen molar-refractivity contribution in [2.45, 2.75) is 13.0 Å². The molecule has 0 fully saturated rings. The number of carbonyl (C=O) groups excluding carboxylic acids is 2. The second-order valence-electron chi connectivity index (χ2n) is 10.2. The molecule has 3 aromatic carbocycles. The Bertz CT molecular complexity index is 1870. The van der Waals surface area contributed by atoms with Gasteiger partial charge in [-0.05, 0) is 53.6 Å². The van der Waals surface area contributed by atoms with Gasteiger partial charge in [-0.3, -0.25) is 9.52 Å². The lowest BCUT2D eigenvalue weighted by atomic mass is 9.97. The summed E-state index contributed by atoms with van der Waals surface area (Å²) in [7, 11) is 3.56. The molecule has 0 aliphatic heterocycles. The molecular formula is C30H32FN5O7S. The highest BCUT2D eigenvalue weighted by molar-refractivity contribution is 7.90. The molecule has 232 valence electrons. The zero-order valence-corrected chi connectivity index (χ0v) is 25.5. The minimum absolute atomic E-state index is 0.0530. The van der Waals surface area contributed by atoms with Crippen molar-refractivity contribution in [3.05, 3.63) is 99.2 Å². The Morgan fingerprint density at radius 1 is 0.955 bits per heavy atom. The van der Waals surface area contributed by atoms with E-state index < -0.39 is 27.7 Å². The van der Waals surface area contributed by atoms with Gasteiger partial charge in [0, 0.05) is 76.5 Å². The first kappa shape index (κ1) is 32.0. The molecule has 4 aromatic rings. The minimum atomic E-state index is -3.99. The van der Waals surface area contributed by atoms with E-state index in [0.29, 0.717) is 22.2 Å². The Labute approximate surface area is 253 Å². The van der Waals surface area contributed by atoms with Crippen molar-refractivity contribution in [2.75, 3.05) is 45.3 Å². The molecule has 2 amide bonds. The first-order chi connectivity index (χ1) is 20.8. The average Bonchev–Trinajstić information content (AvgIpc) is 2.98. The summed E-state index contributed by atoms with van der Waals surface area (Å²) < 4.78 is 54.5. The Morgan fingerprint density at radius 2 is 1.66 bits per heavy atom. The van der Waals surface area contributed by atoms with Crippen LogP contribution in [0.4, 0.5) is 20.6 Å². The van der Waals surface area contributed by atoms with Crippen LogP contribution in [0.1, 0.15) is 27.0 Å². The van der Waals surface area contributed by atoms with Gasteiger partial charge in [0.15, 0.2) is 5.82 Å². The maximum Gasteiger partial charge on any atom is 0.414 e. The maximum absolute atomic E-state index is 15.5. The lowest BCUT2D eigenvalue weighted by molar-refractivity contribution is 0.0827. The normalized spacial score (nSPS) is 11.2. The highest BCUT2D eigenvalue weighted by atomic mass is 32.2. The van der Waals surface area contributed by atoms with Crippen molar-refractivity contribution in [1.29, 1.82) is 0 Å². The summed E-state index contributed by atoms with van der Waals surface area (Å²) in [5.41, 5.74) is 0.917. The highest BCUT2D eigenvalue weighted by Crippen LogP contribution is 2.29. The third-order valence-corrected chi connectivity index (χ3v) is 7.65. The molecule has 0 saturated heterocycles. The lowest BCUT2D eigenvalue weighted by Crippen LogP contribution is -2.27. The molecule has 0 saturated carbocycles. The van der Waals surface area contributed by atoms with Gasteiger partial charge < -0.3 is 24.3 Å². The molecule has 3 N–H and O–H groups in total. The average molecular weight is 626 g/mol. The van der Waals surface area contributed by atoms with Crippen LogP contribution in [0.15, 0.2) is 69.9 Å². The highest BCUT2D eigenvalue weighted by Gasteiger charge is 2.20. The Kier molecular flexibility index (Phi) is 9.55. The van der Waals surface area contributed by atoms with Gasteiger partial charge in [-0.2, -0.15) is 8.42 Å². The van der Waals surface area contributed by atoms with Crippen LogP contribution in [0, 0.1) is 5.82 Å². The van der Waals surface area contributed by atoms with Crippen LogP contribution < -0.4 is 25.1 Å². The number of ether oxygens (including phenoxy) is 1. The van der Waals surface area contributed by atoms with Gasteiger partial charge in [-0.25, -0.2) is 18.7 Å². The summed E-state index contributed by atoms with van der Waals surface area (Å²) in [6.07, 6.45) is -0.838. The fraction of sp³-hybridized carbons (Fsp3) is 0.233. The van der Waals surface area contributed by atoms with Crippen LogP contribution in [0.2, 0.25) is 0 Å². The second kappa shape index (κ2) is 13.1. The fourth-order valence-electron chi connectivity index (χ4n) is 4.28. The van der Waals surface area contributed by atoms with E-state index in [4.69, 9.17) is 9.15 Å². The summed E-state index contributed by atoms with van der Waals surface area (Å²) in [6.45, 7) is 0.100. The number of nitrogens with one attached hydrogen (secondary N) is 3. The maximum atomic E-state index is 15.5. The zero-order chi connectivity index (χ0) is 32.2. The molecule has 0 aliphatic rings. The topological polar surface area (TPSA) is 150 Å². The molecule has 12 nitrogen and oxygen atoms in total. The van der Waals surface area contributed by atoms with Crippen molar-refractivity contribution >= 4 is 44.6 Å². The van der Waals surface area contributed by atoms with Crippen molar-refractivity contribution in [3.8, 4) is 5.75 Å². The molecular weight excluding hydrogens is 593 g/mol. The third kappa shape index (κ3) is 7.33. The number of anilines is 2. The SMILES string of the molecule is CNS(=O)(=O)Nc1cccc(Cc2c(CNc3ccc(C(=O)N(C)C)cc3)c3ccc(OC(=O)N(C)C)cc3oc2=O)c1F. The predicted molar refractivity (Wildman–Crippen MR) is 165 cm³/mol. The van der Waals surface area contributed by atoms with Gasteiger partial charge in [0.05, 0.1) is 5.69 Å². The number of benzene rings is 3. The molecule has 14 heteroatoms. The zero-order valence-electron chi connectivity index (χ0n) is 24.7. The quantitative estimate of drug-likeness (QED) is 0.226. The molecule has 0 radical (unpaired) electrons. The first-order valence-electron chi connectivity index (χ1n) is 13.3. The number of hydrogen-bond acceptors (Lipinski definition) is 8. The number of nitrogens with zero attached hydrogens (tertiary/aromatic N) is 2. The van der Waals surface area contributed by atoms with E-state index in [1.54, 1.807) is 50.5 Å². The molecule has 0 aliphatic carbocycles. The van der Waals surface area contributed by atoms with Gasteiger partial charge in [-0.1, -0.05) is 12.1 Å². The molecule has 0 spiro atoms. The lowest BCUT2D eigenvalue weighted by Gasteiger charge is -2.16. The van der Waals surface area contributed by atoms with Gasteiger partial charge in [0.2, 0.25) is 0 Å². The van der Waals surface area contributed by atoms with E-state index in [1.165, 1.54) is 55.2 Å². The van der Waals surface area contributed by atoms with Gasteiger partial charge in [-0.15, -0.1) is 0 Å². The molecule has 4 rings (SSSR count). The van der Waals surface area contributed by atoms with E-state index in [9.17, 15) is 22.8 Å². The Balaban J connectivity index is 1.76. The minimum Gasteiger partial charge on any atom is -0.422 e. The van der Waals surface area contributed by atoms with Crippen molar-refractivity contribution < 1.29 is 31.6 Å². The van der Waals surface area contributed by atoms with Gasteiger partial charge >= 0.3 is 11.7 Å². The van der Waals surface area contributed by atoms with Crippen LogP contribution in [-0.4, -0.2) is 65.5 Å². The number of rotatable bonds is 10. The van der Waals surface area contributed by atoms with Crippen molar-refractivity contribution in [1.82, 2.24) is 14.5 Å². The van der Waals surface area contributed by atoms with E-state index in [2.05, 4.69) is 14.8 Å². The number of halogens is 1. The second-order valence-corrected chi connectivity index (χ2v) is 11.8. The van der Waals surface area contributed by atoms with Crippen LogP contribution >= 0.6 is 0 Å². The van der Waals surface area contributed by atoms with Crippen LogP contribution in [0.5, 0.6) is 5.75 Å². The third-order valence-electron chi connectivity index (χ3n) is 6.63. The Hall–Kier alpha value is -4.95. The molecule has 0 atom stereocenters. The number of carbonyl (C=O) groups is 2.